The first-order chi connectivity index (χ1) is 18.9. The number of carbonyl (C=O) groups excluding carboxylic acids is 1. The first-order valence-corrected chi connectivity index (χ1v) is 12.2. The SMILES string of the molecule is O=C(NC1CC(C(F)F)C1)N[C@](Cc1ccccc1)(c1ccc(F)cc1)c1cc(F)cc(OC(F)(F)C(F)F)c1. The number of nitrogens with one attached hydrogen (secondary N) is 2. The van der Waals surface area contributed by atoms with Crippen molar-refractivity contribution in [3.8, 4) is 5.75 Å². The molecule has 3 aromatic carbocycles. The molecule has 4 rings (SSSR count). The number of rotatable bonds is 10. The molecule has 1 aliphatic carbocycles. The molecular formula is C28H24F8N2O2. The zero-order valence-corrected chi connectivity index (χ0v) is 20.7. The second-order valence-electron chi connectivity index (χ2n) is 9.58. The Labute approximate surface area is 224 Å². The third kappa shape index (κ3) is 6.65. The lowest BCUT2D eigenvalue weighted by molar-refractivity contribution is -0.253. The molecule has 40 heavy (non-hydrogen) atoms. The minimum atomic E-state index is -4.95. The lowest BCUT2D eigenvalue weighted by Gasteiger charge is -2.39. The van der Waals surface area contributed by atoms with Gasteiger partial charge < -0.3 is 15.4 Å². The molecule has 2 amide bonds. The van der Waals surface area contributed by atoms with Crippen molar-refractivity contribution in [1.29, 1.82) is 0 Å². The number of benzene rings is 3. The molecule has 0 bridgehead atoms. The van der Waals surface area contributed by atoms with Crippen molar-refractivity contribution in [2.75, 3.05) is 0 Å². The van der Waals surface area contributed by atoms with E-state index in [9.17, 15) is 39.9 Å². The maximum absolute atomic E-state index is 14.8. The first kappa shape index (κ1) is 29.2. The van der Waals surface area contributed by atoms with E-state index in [1.54, 1.807) is 30.3 Å². The highest BCUT2D eigenvalue weighted by Crippen LogP contribution is 2.38. The molecule has 214 valence electrons. The van der Waals surface area contributed by atoms with Gasteiger partial charge in [0.05, 0.1) is 5.54 Å². The van der Waals surface area contributed by atoms with E-state index >= 15 is 0 Å². The van der Waals surface area contributed by atoms with Crippen LogP contribution in [0.25, 0.3) is 0 Å². The fourth-order valence-corrected chi connectivity index (χ4v) is 4.67. The topological polar surface area (TPSA) is 50.4 Å². The molecule has 1 saturated carbocycles. The third-order valence-corrected chi connectivity index (χ3v) is 6.71. The highest BCUT2D eigenvalue weighted by molar-refractivity contribution is 5.76. The van der Waals surface area contributed by atoms with Crippen LogP contribution < -0.4 is 15.4 Å². The summed E-state index contributed by atoms with van der Waals surface area (Å²) in [6.07, 6.45) is -11.8. The van der Waals surface area contributed by atoms with Crippen LogP contribution in [0.3, 0.4) is 0 Å². The van der Waals surface area contributed by atoms with E-state index in [2.05, 4.69) is 15.4 Å². The van der Waals surface area contributed by atoms with Crippen LogP contribution in [0.4, 0.5) is 39.9 Å². The van der Waals surface area contributed by atoms with Crippen molar-refractivity contribution in [3.05, 3.63) is 101 Å². The molecule has 4 nitrogen and oxygen atoms in total. The Kier molecular flexibility index (Phi) is 8.55. The lowest BCUT2D eigenvalue weighted by atomic mass is 9.77. The highest BCUT2D eigenvalue weighted by atomic mass is 19.3. The van der Waals surface area contributed by atoms with Crippen molar-refractivity contribution in [1.82, 2.24) is 10.6 Å². The summed E-state index contributed by atoms with van der Waals surface area (Å²) >= 11 is 0. The first-order valence-electron chi connectivity index (χ1n) is 12.2. The fourth-order valence-electron chi connectivity index (χ4n) is 4.67. The summed E-state index contributed by atoms with van der Waals surface area (Å²) in [6, 6.07) is 13.9. The van der Waals surface area contributed by atoms with Gasteiger partial charge in [0.1, 0.15) is 17.4 Å². The number of amides is 2. The zero-order chi connectivity index (χ0) is 29.1. The Morgan fingerprint density at radius 1 is 0.875 bits per heavy atom. The standard InChI is InChI=1S/C28H24F8N2O2/c29-20-8-6-18(7-9-20)27(15-16-4-2-1-3-5-16,38-26(39)37-22-10-17(11-22)24(31)32)19-12-21(30)14-23(13-19)40-28(35,36)25(33)34/h1-9,12-14,17,22,24-25H,10-11,15H2,(H2,37,38,39)/t17?,22?,27-/m1/s1. The van der Waals surface area contributed by atoms with E-state index in [1.807, 2.05) is 0 Å². The number of urea groups is 1. The number of hydrogen-bond donors (Lipinski definition) is 2. The number of hydrogen-bond acceptors (Lipinski definition) is 2. The van der Waals surface area contributed by atoms with Gasteiger partial charge >= 0.3 is 18.6 Å². The zero-order valence-electron chi connectivity index (χ0n) is 20.7. The molecule has 3 aromatic rings. The van der Waals surface area contributed by atoms with Crippen LogP contribution in [0.15, 0.2) is 72.8 Å². The fraction of sp³-hybridized carbons (Fsp3) is 0.321. The number of alkyl halides is 6. The minimum Gasteiger partial charge on any atom is -0.428 e. The molecule has 0 spiro atoms. The molecule has 0 heterocycles. The molecule has 1 aliphatic rings. The smallest absolute Gasteiger partial charge is 0.428 e. The van der Waals surface area contributed by atoms with E-state index in [0.717, 1.165) is 24.3 Å². The lowest BCUT2D eigenvalue weighted by Crippen LogP contribution is -2.56. The van der Waals surface area contributed by atoms with Crippen molar-refractivity contribution in [2.24, 2.45) is 5.92 Å². The van der Waals surface area contributed by atoms with Crippen molar-refractivity contribution >= 4 is 6.03 Å². The molecule has 0 radical (unpaired) electrons. The number of ether oxygens (including phenoxy) is 1. The van der Waals surface area contributed by atoms with E-state index in [1.165, 1.54) is 12.1 Å². The predicted molar refractivity (Wildman–Crippen MR) is 129 cm³/mol. The van der Waals surface area contributed by atoms with Gasteiger partial charge in [0.15, 0.2) is 0 Å². The molecule has 0 unspecified atom stereocenters. The number of carbonyl (C=O) groups is 1. The van der Waals surface area contributed by atoms with E-state index < -0.39 is 59.9 Å². The molecule has 0 saturated heterocycles. The van der Waals surface area contributed by atoms with Gasteiger partial charge in [0, 0.05) is 24.4 Å². The second-order valence-corrected chi connectivity index (χ2v) is 9.58. The Bertz CT molecular complexity index is 1300. The highest BCUT2D eigenvalue weighted by Gasteiger charge is 2.45. The normalized spacial score (nSPS) is 18.6. The predicted octanol–water partition coefficient (Wildman–Crippen LogP) is 7.03. The molecule has 0 aromatic heterocycles. The van der Waals surface area contributed by atoms with Crippen LogP contribution in [0.5, 0.6) is 5.75 Å². The van der Waals surface area contributed by atoms with Gasteiger partial charge in [-0.15, -0.1) is 0 Å². The van der Waals surface area contributed by atoms with Crippen LogP contribution in [0, 0.1) is 17.6 Å². The summed E-state index contributed by atoms with van der Waals surface area (Å²) in [7, 11) is 0. The maximum Gasteiger partial charge on any atom is 0.461 e. The minimum absolute atomic E-state index is 0.0218. The van der Waals surface area contributed by atoms with Crippen LogP contribution in [0.2, 0.25) is 0 Å². The average Bonchev–Trinajstić information content (AvgIpc) is 2.85. The van der Waals surface area contributed by atoms with Crippen molar-refractivity contribution in [3.63, 3.8) is 0 Å². The summed E-state index contributed by atoms with van der Waals surface area (Å²) in [5.74, 6) is -3.61. The van der Waals surface area contributed by atoms with E-state index in [0.29, 0.717) is 11.6 Å². The van der Waals surface area contributed by atoms with Gasteiger partial charge in [-0.3, -0.25) is 0 Å². The van der Waals surface area contributed by atoms with E-state index in [-0.39, 0.29) is 30.4 Å². The molecular weight excluding hydrogens is 548 g/mol. The Morgan fingerprint density at radius 3 is 2.12 bits per heavy atom. The number of halogens is 8. The summed E-state index contributed by atoms with van der Waals surface area (Å²) in [5, 5.41) is 5.27. The van der Waals surface area contributed by atoms with Gasteiger partial charge in [-0.2, -0.15) is 17.6 Å². The van der Waals surface area contributed by atoms with Crippen molar-refractivity contribution < 1.29 is 44.7 Å². The quantitative estimate of drug-likeness (QED) is 0.257. The molecule has 1 atom stereocenters. The van der Waals surface area contributed by atoms with E-state index in [4.69, 9.17) is 0 Å². The monoisotopic (exact) mass is 572 g/mol. The van der Waals surface area contributed by atoms with Crippen LogP contribution >= 0.6 is 0 Å². The van der Waals surface area contributed by atoms with Gasteiger partial charge in [0.2, 0.25) is 6.43 Å². The van der Waals surface area contributed by atoms with Gasteiger partial charge in [0.25, 0.3) is 0 Å². The van der Waals surface area contributed by atoms with Crippen LogP contribution in [0.1, 0.15) is 29.5 Å². The summed E-state index contributed by atoms with van der Waals surface area (Å²) < 4.78 is 112. The molecule has 0 aliphatic heterocycles. The molecule has 1 fully saturated rings. The maximum atomic E-state index is 14.8. The second kappa shape index (κ2) is 11.7. The van der Waals surface area contributed by atoms with Crippen LogP contribution in [-0.2, 0) is 12.0 Å². The average molecular weight is 572 g/mol. The van der Waals surface area contributed by atoms with Gasteiger partial charge in [-0.05, 0) is 53.8 Å². The summed E-state index contributed by atoms with van der Waals surface area (Å²) in [4.78, 5) is 13.2. The molecule has 12 heteroatoms. The Morgan fingerprint density at radius 2 is 1.52 bits per heavy atom. The summed E-state index contributed by atoms with van der Waals surface area (Å²) in [6.45, 7) is 0. The largest absolute Gasteiger partial charge is 0.461 e. The van der Waals surface area contributed by atoms with Gasteiger partial charge in [-0.1, -0.05) is 42.5 Å². The summed E-state index contributed by atoms with van der Waals surface area (Å²) in [5.41, 5.74) is -1.22. The Hall–Kier alpha value is -3.83. The van der Waals surface area contributed by atoms with Crippen molar-refractivity contribution in [2.45, 2.75) is 49.8 Å². The van der Waals surface area contributed by atoms with Crippen LogP contribution in [-0.4, -0.2) is 31.0 Å². The Balaban J connectivity index is 1.80. The van der Waals surface area contributed by atoms with Gasteiger partial charge in [-0.25, -0.2) is 22.4 Å². The third-order valence-electron chi connectivity index (χ3n) is 6.71. The molecule has 2 N–H and O–H groups in total.